The molecule has 0 amide bonds. The van der Waals surface area contributed by atoms with Gasteiger partial charge < -0.3 is 15.4 Å². The highest BCUT2D eigenvalue weighted by molar-refractivity contribution is 14.0. The van der Waals surface area contributed by atoms with Crippen LogP contribution < -0.4 is 15.4 Å². The highest BCUT2D eigenvalue weighted by Gasteiger charge is 2.28. The minimum absolute atomic E-state index is 0. The van der Waals surface area contributed by atoms with Gasteiger partial charge in [0.2, 0.25) is 0 Å². The molecule has 162 valence electrons. The zero-order chi connectivity index (χ0) is 21.3. The summed E-state index contributed by atoms with van der Waals surface area (Å²) in [5.41, 5.74) is 2.93. The summed E-state index contributed by atoms with van der Waals surface area (Å²) in [6, 6.07) is 14.3. The number of alkyl halides is 3. The molecule has 5 nitrogen and oxygen atoms in total. The SMILES string of the molecule is CCNC(=NCc1ccc(C#N)cc1)NCc1ccc(C)cc1OCC(F)(F)F.I. The van der Waals surface area contributed by atoms with Crippen LogP contribution in [0, 0.1) is 18.3 Å². The van der Waals surface area contributed by atoms with Gasteiger partial charge in [0.1, 0.15) is 5.75 Å². The first-order valence-electron chi connectivity index (χ1n) is 9.11. The average Bonchev–Trinajstić information content (AvgIpc) is 2.69. The fraction of sp³-hybridized carbons (Fsp3) is 0.333. The number of aliphatic imine (C=N–C) groups is 1. The van der Waals surface area contributed by atoms with E-state index in [0.717, 1.165) is 11.1 Å². The van der Waals surface area contributed by atoms with E-state index in [1.54, 1.807) is 31.2 Å². The molecule has 0 atom stereocenters. The maximum absolute atomic E-state index is 12.5. The van der Waals surface area contributed by atoms with Gasteiger partial charge in [-0.2, -0.15) is 18.4 Å². The zero-order valence-corrected chi connectivity index (χ0v) is 19.0. The van der Waals surface area contributed by atoms with Crippen molar-refractivity contribution < 1.29 is 17.9 Å². The minimum atomic E-state index is -4.40. The summed E-state index contributed by atoms with van der Waals surface area (Å²) in [7, 11) is 0. The Hall–Kier alpha value is -2.48. The van der Waals surface area contributed by atoms with Crippen LogP contribution in [-0.4, -0.2) is 25.3 Å². The van der Waals surface area contributed by atoms with Gasteiger partial charge in [-0.3, -0.25) is 0 Å². The summed E-state index contributed by atoms with van der Waals surface area (Å²) in [6.07, 6.45) is -4.40. The molecular weight excluding hydrogens is 508 g/mol. The highest BCUT2D eigenvalue weighted by Crippen LogP contribution is 2.23. The number of rotatable bonds is 7. The second-order valence-electron chi connectivity index (χ2n) is 6.37. The number of guanidine groups is 1. The molecule has 0 fully saturated rings. The molecule has 30 heavy (non-hydrogen) atoms. The van der Waals surface area contributed by atoms with E-state index in [1.165, 1.54) is 0 Å². The first kappa shape index (κ1) is 25.6. The molecule has 0 radical (unpaired) electrons. The number of nitrogens with one attached hydrogen (secondary N) is 2. The number of ether oxygens (including phenoxy) is 1. The van der Waals surface area contributed by atoms with Crippen LogP contribution in [-0.2, 0) is 13.1 Å². The van der Waals surface area contributed by atoms with Crippen LogP contribution in [0.15, 0.2) is 47.5 Å². The van der Waals surface area contributed by atoms with Gasteiger partial charge in [-0.15, -0.1) is 24.0 Å². The van der Waals surface area contributed by atoms with Crippen molar-refractivity contribution in [1.82, 2.24) is 10.6 Å². The van der Waals surface area contributed by atoms with E-state index >= 15 is 0 Å². The van der Waals surface area contributed by atoms with Gasteiger partial charge in [-0.1, -0.05) is 24.3 Å². The van der Waals surface area contributed by atoms with Gasteiger partial charge in [0.25, 0.3) is 0 Å². The molecule has 2 aromatic carbocycles. The lowest BCUT2D eigenvalue weighted by Crippen LogP contribution is -2.37. The lowest BCUT2D eigenvalue weighted by atomic mass is 10.1. The van der Waals surface area contributed by atoms with Crippen molar-refractivity contribution in [1.29, 1.82) is 5.26 Å². The summed E-state index contributed by atoms with van der Waals surface area (Å²) in [6.45, 7) is 3.66. The van der Waals surface area contributed by atoms with E-state index in [2.05, 4.69) is 21.7 Å². The van der Waals surface area contributed by atoms with Crippen molar-refractivity contribution in [3.8, 4) is 11.8 Å². The first-order valence-corrected chi connectivity index (χ1v) is 9.11. The molecule has 0 aliphatic carbocycles. The van der Waals surface area contributed by atoms with Crippen LogP contribution in [0.1, 0.15) is 29.2 Å². The third-order valence-corrected chi connectivity index (χ3v) is 3.91. The second-order valence-corrected chi connectivity index (χ2v) is 6.37. The van der Waals surface area contributed by atoms with Crippen molar-refractivity contribution in [2.45, 2.75) is 33.1 Å². The van der Waals surface area contributed by atoms with E-state index in [0.29, 0.717) is 30.2 Å². The van der Waals surface area contributed by atoms with E-state index in [-0.39, 0.29) is 36.3 Å². The summed E-state index contributed by atoms with van der Waals surface area (Å²) in [5.74, 6) is 0.719. The molecule has 0 aliphatic rings. The quantitative estimate of drug-likeness (QED) is 0.309. The topological polar surface area (TPSA) is 69.4 Å². The van der Waals surface area contributed by atoms with Crippen LogP contribution in [0.5, 0.6) is 5.75 Å². The first-order chi connectivity index (χ1) is 13.8. The van der Waals surface area contributed by atoms with Gasteiger partial charge in [0, 0.05) is 18.7 Å². The monoisotopic (exact) mass is 532 g/mol. The molecule has 2 aromatic rings. The fourth-order valence-corrected chi connectivity index (χ4v) is 2.48. The van der Waals surface area contributed by atoms with Crippen LogP contribution in [0.4, 0.5) is 13.2 Å². The molecule has 0 bridgehead atoms. The van der Waals surface area contributed by atoms with Gasteiger partial charge in [0.15, 0.2) is 12.6 Å². The van der Waals surface area contributed by atoms with Crippen molar-refractivity contribution in [3.63, 3.8) is 0 Å². The smallest absolute Gasteiger partial charge is 0.422 e. The molecule has 2 N–H and O–H groups in total. The molecular formula is C21H24F3IN4O. The largest absolute Gasteiger partial charge is 0.484 e. The van der Waals surface area contributed by atoms with Gasteiger partial charge in [0.05, 0.1) is 18.2 Å². The standard InChI is InChI=1S/C21H23F3N4O.HI/c1-3-26-20(27-12-17-7-5-16(11-25)6-8-17)28-13-18-9-4-15(2)10-19(18)29-14-21(22,23)24;/h4-10H,3,12-14H2,1-2H3,(H2,26,27,28);1H. The molecule has 0 aromatic heterocycles. The van der Waals surface area contributed by atoms with Gasteiger partial charge in [-0.05, 0) is 43.2 Å². The Morgan fingerprint density at radius 2 is 1.83 bits per heavy atom. The van der Waals surface area contributed by atoms with Crippen LogP contribution in [0.2, 0.25) is 0 Å². The molecule has 0 unspecified atom stereocenters. The third kappa shape index (κ3) is 8.90. The maximum atomic E-state index is 12.5. The number of aryl methyl sites for hydroxylation is 1. The minimum Gasteiger partial charge on any atom is -0.484 e. The normalized spacial score (nSPS) is 11.3. The second kappa shape index (κ2) is 12.3. The van der Waals surface area contributed by atoms with Crippen LogP contribution in [0.25, 0.3) is 0 Å². The predicted octanol–water partition coefficient (Wildman–Crippen LogP) is 4.68. The Kier molecular flexibility index (Phi) is 10.5. The molecule has 2 rings (SSSR count). The fourth-order valence-electron chi connectivity index (χ4n) is 2.48. The number of nitrogens with zero attached hydrogens (tertiary/aromatic N) is 2. The Balaban J connectivity index is 0.00000450. The average molecular weight is 532 g/mol. The number of benzene rings is 2. The number of halogens is 4. The van der Waals surface area contributed by atoms with Gasteiger partial charge in [-0.25, -0.2) is 4.99 Å². The molecule has 0 heterocycles. The highest BCUT2D eigenvalue weighted by atomic mass is 127. The zero-order valence-electron chi connectivity index (χ0n) is 16.7. The number of nitriles is 1. The molecule has 0 saturated carbocycles. The third-order valence-electron chi connectivity index (χ3n) is 3.91. The van der Waals surface area contributed by atoms with Crippen molar-refractivity contribution in [2.24, 2.45) is 4.99 Å². The number of hydrogen-bond donors (Lipinski definition) is 2. The van der Waals surface area contributed by atoms with Crippen molar-refractivity contribution in [3.05, 3.63) is 64.7 Å². The van der Waals surface area contributed by atoms with E-state index < -0.39 is 12.8 Å². The van der Waals surface area contributed by atoms with Crippen LogP contribution in [0.3, 0.4) is 0 Å². The summed E-state index contributed by atoms with van der Waals surface area (Å²) in [4.78, 5) is 4.48. The molecule has 0 saturated heterocycles. The lowest BCUT2D eigenvalue weighted by Gasteiger charge is -2.16. The van der Waals surface area contributed by atoms with E-state index in [9.17, 15) is 13.2 Å². The summed E-state index contributed by atoms with van der Waals surface area (Å²) < 4.78 is 42.5. The Labute approximate surface area is 191 Å². The summed E-state index contributed by atoms with van der Waals surface area (Å²) >= 11 is 0. The van der Waals surface area contributed by atoms with Crippen LogP contribution >= 0.6 is 24.0 Å². The number of hydrogen-bond acceptors (Lipinski definition) is 3. The maximum Gasteiger partial charge on any atom is 0.422 e. The predicted molar refractivity (Wildman–Crippen MR) is 121 cm³/mol. The molecule has 0 spiro atoms. The van der Waals surface area contributed by atoms with Crippen molar-refractivity contribution >= 4 is 29.9 Å². The van der Waals surface area contributed by atoms with E-state index in [4.69, 9.17) is 10.00 Å². The van der Waals surface area contributed by atoms with Gasteiger partial charge >= 0.3 is 6.18 Å². The Bertz CT molecular complexity index is 877. The van der Waals surface area contributed by atoms with Crippen molar-refractivity contribution in [2.75, 3.05) is 13.2 Å². The lowest BCUT2D eigenvalue weighted by molar-refractivity contribution is -0.153. The molecule has 0 aliphatic heterocycles. The Morgan fingerprint density at radius 1 is 1.13 bits per heavy atom. The molecule has 9 heteroatoms. The Morgan fingerprint density at radius 3 is 2.43 bits per heavy atom. The van der Waals surface area contributed by atoms with E-state index in [1.807, 2.05) is 25.1 Å². The summed E-state index contributed by atoms with van der Waals surface area (Å²) in [5, 5.41) is 15.1.